The van der Waals surface area contributed by atoms with E-state index in [4.69, 9.17) is 5.10 Å². The zero-order valence-corrected chi connectivity index (χ0v) is 33.1. The van der Waals surface area contributed by atoms with E-state index in [-0.39, 0.29) is 48.7 Å². The summed E-state index contributed by atoms with van der Waals surface area (Å²) in [5, 5.41) is 11.9. The highest BCUT2D eigenvalue weighted by molar-refractivity contribution is 6.00. The number of nitrogens with one attached hydrogen (secondary N) is 2. The van der Waals surface area contributed by atoms with E-state index in [2.05, 4.69) is 37.3 Å². The zero-order valence-electron chi connectivity index (χ0n) is 33.1. The number of pyridine rings is 2. The van der Waals surface area contributed by atoms with Gasteiger partial charge in [0.15, 0.2) is 5.82 Å². The topological polar surface area (TPSA) is 152 Å². The minimum absolute atomic E-state index is 0.0406. The Hall–Kier alpha value is -6.66. The molecule has 1 unspecified atom stereocenters. The van der Waals surface area contributed by atoms with Crippen LogP contribution in [0.5, 0.6) is 0 Å². The molecule has 6 aromatic rings. The van der Waals surface area contributed by atoms with E-state index in [9.17, 15) is 19.2 Å². The Labute approximate surface area is 339 Å². The number of para-hydroxylation sites is 1. The molecule has 3 amide bonds. The number of rotatable bonds is 6. The summed E-state index contributed by atoms with van der Waals surface area (Å²) in [7, 11) is 1.67. The maximum Gasteiger partial charge on any atom is 0.329 e. The lowest BCUT2D eigenvalue weighted by molar-refractivity contribution is -0.136. The summed E-state index contributed by atoms with van der Waals surface area (Å²) in [6.45, 7) is 6.75. The van der Waals surface area contributed by atoms with Crippen molar-refractivity contribution in [1.29, 1.82) is 0 Å². The lowest BCUT2D eigenvalue weighted by Crippen LogP contribution is -2.48. The van der Waals surface area contributed by atoms with Gasteiger partial charge in [-0.1, -0.05) is 17.9 Å². The second-order valence-corrected chi connectivity index (χ2v) is 15.7. The molecule has 2 fully saturated rings. The number of amides is 3. The van der Waals surface area contributed by atoms with Gasteiger partial charge in [0.05, 0.1) is 23.1 Å². The fraction of sp³-hybridized carbons (Fsp3) is 0.341. The molecule has 0 saturated carbocycles. The Morgan fingerprint density at radius 2 is 1.73 bits per heavy atom. The van der Waals surface area contributed by atoms with Crippen molar-refractivity contribution in [3.63, 3.8) is 0 Å². The lowest BCUT2D eigenvalue weighted by atomic mass is 9.99. The largest absolute Gasteiger partial charge is 0.338 e. The van der Waals surface area contributed by atoms with Crippen LogP contribution in [0.1, 0.15) is 54.2 Å². The van der Waals surface area contributed by atoms with Crippen molar-refractivity contribution >= 4 is 51.2 Å². The highest BCUT2D eigenvalue weighted by atomic mass is 19.1. The van der Waals surface area contributed by atoms with Crippen LogP contribution in [-0.4, -0.2) is 88.6 Å². The second kappa shape index (κ2) is 15.3. The second-order valence-electron chi connectivity index (χ2n) is 15.7. The molecule has 0 bridgehead atoms. The molecule has 0 spiro atoms. The highest BCUT2D eigenvalue weighted by Gasteiger charge is 2.32. The van der Waals surface area contributed by atoms with Crippen molar-refractivity contribution in [3.05, 3.63) is 99.7 Å². The molecular formula is C44H43FN10O4. The minimum Gasteiger partial charge on any atom is -0.338 e. The van der Waals surface area contributed by atoms with E-state index in [0.717, 1.165) is 53.8 Å². The first-order valence-electron chi connectivity index (χ1n) is 19.9. The number of carbonyl (C=O) groups excluding carboxylic acids is 3. The van der Waals surface area contributed by atoms with Gasteiger partial charge in [-0.2, -0.15) is 5.10 Å². The fourth-order valence-electron chi connectivity index (χ4n) is 8.77. The first-order valence-corrected chi connectivity index (χ1v) is 19.9. The minimum atomic E-state index is -0.753. The Kier molecular flexibility index (Phi) is 9.80. The standard InChI is InChI=1S/C44H43FN10O4/c1-26-18-27(2)46-24-34(26)33-19-29-21-38(47-23-30(29)20-35(33)45)48-39-22-32-13-17-53(41(57)25-54(32)50-39)31-11-15-52(16-12-31)14-5-7-28-6-4-8-36-42(28)51(3)44(59)55(36)37-9-10-40(56)49-43(37)58/h4,6,8,18-24,31,37H,9-17,25H2,1-3H3,(H,47,48,50)(H,49,56,58). The molecule has 15 heteroatoms. The molecule has 300 valence electrons. The van der Waals surface area contributed by atoms with Gasteiger partial charge in [0, 0.05) is 91.9 Å². The molecule has 2 aromatic carbocycles. The summed E-state index contributed by atoms with van der Waals surface area (Å²) in [4.78, 5) is 64.4. The van der Waals surface area contributed by atoms with E-state index < -0.39 is 11.9 Å². The normalized spacial score (nSPS) is 17.8. The van der Waals surface area contributed by atoms with Crippen LogP contribution in [0, 0.1) is 31.5 Å². The molecule has 0 radical (unpaired) electrons. The third-order valence-corrected chi connectivity index (χ3v) is 11.8. The Morgan fingerprint density at radius 1 is 0.898 bits per heavy atom. The van der Waals surface area contributed by atoms with Crippen LogP contribution < -0.4 is 16.3 Å². The number of hydrogen-bond acceptors (Lipinski definition) is 9. The van der Waals surface area contributed by atoms with Gasteiger partial charge in [0.25, 0.3) is 0 Å². The number of imide groups is 1. The maximum absolute atomic E-state index is 15.2. The number of anilines is 2. The van der Waals surface area contributed by atoms with Gasteiger partial charge in [-0.25, -0.2) is 14.2 Å². The monoisotopic (exact) mass is 794 g/mol. The molecule has 2 N–H and O–H groups in total. The molecule has 7 heterocycles. The van der Waals surface area contributed by atoms with Crippen molar-refractivity contribution in [2.75, 3.05) is 31.5 Å². The average molecular weight is 795 g/mol. The number of aryl methyl sites for hydroxylation is 3. The molecule has 1 atom stereocenters. The van der Waals surface area contributed by atoms with Crippen LogP contribution >= 0.6 is 0 Å². The van der Waals surface area contributed by atoms with Crippen molar-refractivity contribution in [1.82, 2.24) is 44.0 Å². The average Bonchev–Trinajstić information content (AvgIpc) is 3.65. The SMILES string of the molecule is Cc1cc(C)c(-c2cc3cc(Nc4cc5n(n4)CC(=O)N(C4CCN(CC#Cc6cccc7c6n(C)c(=O)n7C6CCC(=O)NC6=O)CC4)CC5)ncc3cc2F)cn1. The molecule has 14 nitrogen and oxygen atoms in total. The molecule has 2 saturated heterocycles. The molecule has 3 aliphatic rings. The third kappa shape index (κ3) is 7.25. The number of hydrogen-bond donors (Lipinski definition) is 2. The lowest BCUT2D eigenvalue weighted by Gasteiger charge is -2.37. The van der Waals surface area contributed by atoms with Crippen molar-refractivity contribution in [3.8, 4) is 23.0 Å². The first-order chi connectivity index (χ1) is 28.5. The number of benzene rings is 2. The third-order valence-electron chi connectivity index (χ3n) is 11.8. The number of likely N-dealkylation sites (tertiary alicyclic amines) is 1. The van der Waals surface area contributed by atoms with Crippen molar-refractivity contribution < 1.29 is 18.8 Å². The molecule has 0 aliphatic carbocycles. The Bertz CT molecular complexity index is 2820. The van der Waals surface area contributed by atoms with Crippen molar-refractivity contribution in [2.24, 2.45) is 7.05 Å². The van der Waals surface area contributed by atoms with Crippen LogP contribution in [0.3, 0.4) is 0 Å². The number of imidazole rings is 1. The van der Waals surface area contributed by atoms with Gasteiger partial charge in [0.1, 0.15) is 24.2 Å². The molecule has 3 aliphatic heterocycles. The quantitative estimate of drug-likeness (QED) is 0.183. The van der Waals surface area contributed by atoms with Crippen LogP contribution in [0.4, 0.5) is 16.0 Å². The van der Waals surface area contributed by atoms with Gasteiger partial charge in [-0.05, 0) is 80.5 Å². The van der Waals surface area contributed by atoms with Gasteiger partial charge in [-0.15, -0.1) is 0 Å². The van der Waals surface area contributed by atoms with Gasteiger partial charge >= 0.3 is 5.69 Å². The van der Waals surface area contributed by atoms with E-state index in [0.29, 0.717) is 58.7 Å². The predicted molar refractivity (Wildman–Crippen MR) is 220 cm³/mol. The van der Waals surface area contributed by atoms with E-state index in [1.165, 1.54) is 15.2 Å². The number of piperidine rings is 2. The van der Waals surface area contributed by atoms with Crippen LogP contribution in [-0.2, 0) is 34.4 Å². The molecular weight excluding hydrogens is 752 g/mol. The van der Waals surface area contributed by atoms with Crippen LogP contribution in [0.2, 0.25) is 0 Å². The summed E-state index contributed by atoms with van der Waals surface area (Å²) >= 11 is 0. The maximum atomic E-state index is 15.2. The molecule has 59 heavy (non-hydrogen) atoms. The number of carbonyl (C=O) groups is 3. The zero-order chi connectivity index (χ0) is 40.9. The van der Waals surface area contributed by atoms with Gasteiger partial charge in [0.2, 0.25) is 17.7 Å². The fourth-order valence-corrected chi connectivity index (χ4v) is 8.77. The van der Waals surface area contributed by atoms with E-state index in [1.54, 1.807) is 30.2 Å². The smallest absolute Gasteiger partial charge is 0.329 e. The summed E-state index contributed by atoms with van der Waals surface area (Å²) in [6, 6.07) is 14.0. The number of nitrogens with zero attached hydrogens (tertiary/aromatic N) is 8. The van der Waals surface area contributed by atoms with Crippen molar-refractivity contribution in [2.45, 2.75) is 64.6 Å². The summed E-state index contributed by atoms with van der Waals surface area (Å²) in [6.07, 6.45) is 6.14. The number of aromatic nitrogens is 6. The highest BCUT2D eigenvalue weighted by Crippen LogP contribution is 2.32. The van der Waals surface area contributed by atoms with Gasteiger partial charge < -0.3 is 10.2 Å². The number of fused-ring (bicyclic) bond motifs is 3. The summed E-state index contributed by atoms with van der Waals surface area (Å²) in [5.74, 6) is 6.62. The van der Waals surface area contributed by atoms with Crippen LogP contribution in [0.25, 0.3) is 32.9 Å². The summed E-state index contributed by atoms with van der Waals surface area (Å²) in [5.41, 5.74) is 5.65. The predicted octanol–water partition coefficient (Wildman–Crippen LogP) is 4.52. The Balaban J connectivity index is 0.817. The van der Waals surface area contributed by atoms with Gasteiger partial charge in [-0.3, -0.25) is 43.4 Å². The van der Waals surface area contributed by atoms with Crippen LogP contribution in [0.15, 0.2) is 65.7 Å². The molecule has 4 aromatic heterocycles. The van der Waals surface area contributed by atoms with E-state index in [1.807, 2.05) is 55.1 Å². The Morgan fingerprint density at radius 3 is 2.53 bits per heavy atom. The molecule has 9 rings (SSSR count). The summed E-state index contributed by atoms with van der Waals surface area (Å²) < 4.78 is 19.9. The first kappa shape index (κ1) is 37.9. The number of halogens is 1. The van der Waals surface area contributed by atoms with E-state index >= 15 is 4.39 Å².